The van der Waals surface area contributed by atoms with E-state index in [0.717, 1.165) is 69.5 Å². The Labute approximate surface area is 198 Å². The molecular formula is C28H40O5. The Kier molecular flexibility index (Phi) is 6.19. The van der Waals surface area contributed by atoms with E-state index in [1.807, 2.05) is 0 Å². The zero-order valence-electron chi connectivity index (χ0n) is 20.0. The summed E-state index contributed by atoms with van der Waals surface area (Å²) in [6.45, 7) is 4.07. The lowest BCUT2D eigenvalue weighted by molar-refractivity contribution is -0.213. The van der Waals surface area contributed by atoms with Gasteiger partial charge in [-0.15, -0.1) is 0 Å². The molecule has 0 aromatic heterocycles. The lowest BCUT2D eigenvalue weighted by Gasteiger charge is -2.51. The fourth-order valence-corrected chi connectivity index (χ4v) is 7.77. The van der Waals surface area contributed by atoms with Gasteiger partial charge in [0.2, 0.25) is 0 Å². The highest BCUT2D eigenvalue weighted by molar-refractivity contribution is 5.42. The molecule has 6 rings (SSSR count). The van der Waals surface area contributed by atoms with Gasteiger partial charge in [0.05, 0.1) is 18.8 Å². The van der Waals surface area contributed by atoms with Gasteiger partial charge in [-0.3, -0.25) is 0 Å². The molecule has 4 fully saturated rings. The Morgan fingerprint density at radius 3 is 2.45 bits per heavy atom. The maximum Gasteiger partial charge on any atom is 0.199 e. The van der Waals surface area contributed by atoms with Crippen LogP contribution in [0.1, 0.15) is 101 Å². The van der Waals surface area contributed by atoms with Crippen molar-refractivity contribution in [2.24, 2.45) is 17.3 Å². The van der Waals surface area contributed by atoms with E-state index < -0.39 is 6.10 Å². The number of aliphatic hydroxyl groups excluding tert-OH is 1. The highest BCUT2D eigenvalue weighted by Crippen LogP contribution is 2.63. The first-order valence-corrected chi connectivity index (χ1v) is 13.5. The molecule has 0 bridgehead atoms. The zero-order valence-corrected chi connectivity index (χ0v) is 20.0. The largest absolute Gasteiger partial charge is 0.465 e. The maximum atomic E-state index is 11.2. The van der Waals surface area contributed by atoms with Gasteiger partial charge in [0.1, 0.15) is 5.75 Å². The average molecular weight is 457 g/mol. The van der Waals surface area contributed by atoms with Crippen molar-refractivity contribution in [1.82, 2.24) is 0 Å². The second-order valence-electron chi connectivity index (χ2n) is 11.4. The predicted molar refractivity (Wildman–Crippen MR) is 125 cm³/mol. The van der Waals surface area contributed by atoms with Crippen LogP contribution >= 0.6 is 0 Å². The van der Waals surface area contributed by atoms with Crippen molar-refractivity contribution in [1.29, 1.82) is 0 Å². The Morgan fingerprint density at radius 1 is 0.909 bits per heavy atom. The number of benzene rings is 1. The third-order valence-corrected chi connectivity index (χ3v) is 9.52. The summed E-state index contributed by atoms with van der Waals surface area (Å²) in [5.74, 6) is 2.51. The molecule has 2 aliphatic heterocycles. The van der Waals surface area contributed by atoms with Crippen LogP contribution in [0.5, 0.6) is 5.75 Å². The molecule has 0 radical (unpaired) electrons. The molecule has 8 atom stereocenters. The van der Waals surface area contributed by atoms with Crippen LogP contribution in [0.25, 0.3) is 0 Å². The highest BCUT2D eigenvalue weighted by atomic mass is 16.7. The molecule has 1 aromatic rings. The molecule has 8 unspecified atom stereocenters. The number of hydrogen-bond donors (Lipinski definition) is 1. The van der Waals surface area contributed by atoms with Crippen molar-refractivity contribution in [3.05, 3.63) is 29.3 Å². The average Bonchev–Trinajstić information content (AvgIpc) is 3.17. The summed E-state index contributed by atoms with van der Waals surface area (Å²) in [4.78, 5) is 0. The van der Waals surface area contributed by atoms with Gasteiger partial charge in [-0.05, 0) is 111 Å². The van der Waals surface area contributed by atoms with Gasteiger partial charge < -0.3 is 24.1 Å². The second-order valence-corrected chi connectivity index (χ2v) is 11.4. The Hall–Kier alpha value is -1.14. The third kappa shape index (κ3) is 4.13. The van der Waals surface area contributed by atoms with Crippen LogP contribution in [0.15, 0.2) is 18.2 Å². The molecule has 2 heterocycles. The quantitative estimate of drug-likeness (QED) is 0.616. The molecule has 0 amide bonds. The SMILES string of the molecule is CC12CCC3c4ccc(OC5CCCCO5)cc4C(O)CC3C1CCC2OC1CCCCO1. The Bertz CT molecular complexity index is 830. The summed E-state index contributed by atoms with van der Waals surface area (Å²) >= 11 is 0. The molecule has 0 spiro atoms. The van der Waals surface area contributed by atoms with Crippen molar-refractivity contribution in [2.45, 2.75) is 108 Å². The first-order chi connectivity index (χ1) is 16.1. The van der Waals surface area contributed by atoms with Crippen LogP contribution in [-0.2, 0) is 14.2 Å². The Balaban J connectivity index is 1.19. The standard InChI is InChI=1S/C28H40O5/c1-28-13-12-20-19-9-8-18(32-26-6-2-4-14-30-26)16-22(19)24(29)17-21(20)23(28)10-11-25(28)33-27-7-3-5-15-31-27/h8-9,16,20-21,23-27,29H,2-7,10-15,17H2,1H3. The van der Waals surface area contributed by atoms with Crippen LogP contribution in [0.4, 0.5) is 0 Å². The minimum absolute atomic E-state index is 0.0127. The highest BCUT2D eigenvalue weighted by Gasteiger charge is 2.56. The summed E-state index contributed by atoms with van der Waals surface area (Å²) in [7, 11) is 0. The molecule has 5 nitrogen and oxygen atoms in total. The van der Waals surface area contributed by atoms with Gasteiger partial charge in [0, 0.05) is 13.0 Å². The molecule has 33 heavy (non-hydrogen) atoms. The van der Waals surface area contributed by atoms with E-state index in [0.29, 0.717) is 17.8 Å². The number of ether oxygens (including phenoxy) is 4. The number of fused-ring (bicyclic) bond motifs is 5. The zero-order chi connectivity index (χ0) is 22.4. The monoisotopic (exact) mass is 456 g/mol. The van der Waals surface area contributed by atoms with E-state index in [-0.39, 0.29) is 24.1 Å². The Morgan fingerprint density at radius 2 is 1.70 bits per heavy atom. The van der Waals surface area contributed by atoms with Crippen molar-refractivity contribution >= 4 is 0 Å². The lowest BCUT2D eigenvalue weighted by atomic mass is 9.55. The summed E-state index contributed by atoms with van der Waals surface area (Å²) in [5, 5.41) is 11.2. The van der Waals surface area contributed by atoms with E-state index >= 15 is 0 Å². The van der Waals surface area contributed by atoms with Gasteiger partial charge >= 0.3 is 0 Å². The van der Waals surface area contributed by atoms with Crippen molar-refractivity contribution in [3.63, 3.8) is 0 Å². The van der Waals surface area contributed by atoms with Crippen LogP contribution in [-0.4, -0.2) is 37.0 Å². The maximum absolute atomic E-state index is 11.2. The summed E-state index contributed by atoms with van der Waals surface area (Å²) in [5.41, 5.74) is 2.62. The van der Waals surface area contributed by atoms with Gasteiger partial charge in [-0.25, -0.2) is 0 Å². The lowest BCUT2D eigenvalue weighted by Crippen LogP contribution is -2.46. The normalized spacial score (nSPS) is 42.8. The van der Waals surface area contributed by atoms with Gasteiger partial charge in [0.15, 0.2) is 12.6 Å². The molecule has 1 aromatic carbocycles. The van der Waals surface area contributed by atoms with Gasteiger partial charge in [-0.1, -0.05) is 13.0 Å². The van der Waals surface area contributed by atoms with Crippen LogP contribution in [0.2, 0.25) is 0 Å². The van der Waals surface area contributed by atoms with Crippen molar-refractivity contribution < 1.29 is 24.1 Å². The molecule has 5 aliphatic rings. The smallest absolute Gasteiger partial charge is 0.199 e. The van der Waals surface area contributed by atoms with Gasteiger partial charge in [0.25, 0.3) is 0 Å². The molecule has 2 saturated carbocycles. The third-order valence-electron chi connectivity index (χ3n) is 9.52. The van der Waals surface area contributed by atoms with E-state index in [1.165, 1.54) is 31.2 Å². The predicted octanol–water partition coefficient (Wildman–Crippen LogP) is 5.85. The van der Waals surface area contributed by atoms with E-state index in [1.54, 1.807) is 0 Å². The second kappa shape index (κ2) is 9.14. The summed E-state index contributed by atoms with van der Waals surface area (Å²) in [6.07, 6.45) is 11.9. The number of aliphatic hydroxyl groups is 1. The van der Waals surface area contributed by atoms with Crippen LogP contribution in [0, 0.1) is 17.3 Å². The molecule has 1 N–H and O–H groups in total. The fourth-order valence-electron chi connectivity index (χ4n) is 7.77. The van der Waals surface area contributed by atoms with Crippen LogP contribution in [0.3, 0.4) is 0 Å². The first-order valence-electron chi connectivity index (χ1n) is 13.5. The number of rotatable bonds is 4. The van der Waals surface area contributed by atoms with Crippen molar-refractivity contribution in [2.75, 3.05) is 13.2 Å². The van der Waals surface area contributed by atoms with Crippen molar-refractivity contribution in [3.8, 4) is 5.75 Å². The summed E-state index contributed by atoms with van der Waals surface area (Å²) in [6, 6.07) is 6.42. The molecule has 2 saturated heterocycles. The fraction of sp³-hybridized carbons (Fsp3) is 0.786. The summed E-state index contributed by atoms with van der Waals surface area (Å²) < 4.78 is 24.4. The van der Waals surface area contributed by atoms with E-state index in [2.05, 4.69) is 25.1 Å². The molecule has 182 valence electrons. The molecule has 5 heteroatoms. The van der Waals surface area contributed by atoms with Crippen LogP contribution < -0.4 is 4.74 Å². The van der Waals surface area contributed by atoms with E-state index in [4.69, 9.17) is 18.9 Å². The topological polar surface area (TPSA) is 57.2 Å². The molecule has 3 aliphatic carbocycles. The molecular weight excluding hydrogens is 416 g/mol. The number of hydrogen-bond acceptors (Lipinski definition) is 5. The van der Waals surface area contributed by atoms with E-state index in [9.17, 15) is 5.11 Å². The minimum Gasteiger partial charge on any atom is -0.465 e. The first kappa shape index (κ1) is 22.3. The minimum atomic E-state index is -0.416. The van der Waals surface area contributed by atoms with Gasteiger partial charge in [-0.2, -0.15) is 0 Å².